The number of benzene rings is 2. The number of hydrogen-bond acceptors (Lipinski definition) is 8. The lowest BCUT2D eigenvalue weighted by Gasteiger charge is -2.43. The van der Waals surface area contributed by atoms with Crippen LogP contribution in [0.2, 0.25) is 0 Å². The van der Waals surface area contributed by atoms with Gasteiger partial charge in [0.1, 0.15) is 12.2 Å². The maximum atomic E-state index is 13.1. The number of amides is 1. The van der Waals surface area contributed by atoms with Crippen molar-refractivity contribution in [2.24, 2.45) is 0 Å². The molecule has 2 heterocycles. The first-order chi connectivity index (χ1) is 17.8. The van der Waals surface area contributed by atoms with Crippen molar-refractivity contribution in [3.8, 4) is 11.6 Å². The van der Waals surface area contributed by atoms with E-state index in [0.29, 0.717) is 13.0 Å². The molecule has 0 bridgehead atoms. The lowest BCUT2D eigenvalue weighted by atomic mass is 9.84. The van der Waals surface area contributed by atoms with Crippen LogP contribution in [0.4, 0.5) is 4.79 Å². The van der Waals surface area contributed by atoms with E-state index in [-0.39, 0.29) is 23.4 Å². The number of piperidine rings is 1. The van der Waals surface area contributed by atoms with Crippen LogP contribution in [0.1, 0.15) is 58.2 Å². The Bertz CT molecular complexity index is 1280. The van der Waals surface area contributed by atoms with E-state index in [9.17, 15) is 19.5 Å². The topological polar surface area (TPSA) is 115 Å². The zero-order valence-electron chi connectivity index (χ0n) is 20.7. The van der Waals surface area contributed by atoms with E-state index >= 15 is 0 Å². The van der Waals surface area contributed by atoms with Gasteiger partial charge in [0.25, 0.3) is 5.88 Å². The number of aromatic nitrogens is 1. The third kappa shape index (κ3) is 5.55. The molecule has 2 aromatic carbocycles. The second-order valence-corrected chi connectivity index (χ2v) is 8.88. The number of pyridine rings is 1. The minimum Gasteiger partial charge on any atom is -0.491 e. The first-order valence-electron chi connectivity index (χ1n) is 11.9. The summed E-state index contributed by atoms with van der Waals surface area (Å²) in [7, 11) is 1.18. The number of likely N-dealkylation sites (tertiary alicyclic amines) is 1. The van der Waals surface area contributed by atoms with Crippen LogP contribution in [-0.2, 0) is 21.6 Å². The van der Waals surface area contributed by atoms with Gasteiger partial charge in [-0.15, -0.1) is 0 Å². The minimum atomic E-state index is -0.992. The van der Waals surface area contributed by atoms with Crippen LogP contribution in [-0.4, -0.2) is 46.7 Å². The van der Waals surface area contributed by atoms with Gasteiger partial charge in [0.05, 0.1) is 23.9 Å². The number of aromatic hydroxyl groups is 1. The highest BCUT2D eigenvalue weighted by Crippen LogP contribution is 2.41. The Kier molecular flexibility index (Phi) is 7.71. The predicted octanol–water partition coefficient (Wildman–Crippen LogP) is 4.83. The van der Waals surface area contributed by atoms with Crippen LogP contribution in [0.5, 0.6) is 11.6 Å². The molecule has 9 nitrogen and oxygen atoms in total. The van der Waals surface area contributed by atoms with Gasteiger partial charge in [0, 0.05) is 6.54 Å². The van der Waals surface area contributed by atoms with Gasteiger partial charge in [0.2, 0.25) is 5.75 Å². The van der Waals surface area contributed by atoms with E-state index in [0.717, 1.165) is 18.4 Å². The smallest absolute Gasteiger partial charge is 0.410 e. The lowest BCUT2D eigenvalue weighted by Crippen LogP contribution is -2.51. The largest absolute Gasteiger partial charge is 0.491 e. The molecule has 1 aromatic heterocycles. The van der Waals surface area contributed by atoms with Crippen molar-refractivity contribution in [2.75, 3.05) is 13.7 Å². The maximum absolute atomic E-state index is 13.1. The molecule has 1 atom stereocenters. The highest BCUT2D eigenvalue weighted by molar-refractivity contribution is 5.97. The van der Waals surface area contributed by atoms with Crippen LogP contribution < -0.4 is 4.74 Å². The summed E-state index contributed by atoms with van der Waals surface area (Å²) in [5.74, 6) is -2.67. The fraction of sp³-hybridized carbons (Fsp3) is 0.286. The molecule has 1 fully saturated rings. The summed E-state index contributed by atoms with van der Waals surface area (Å²) in [6.45, 7) is 2.31. The molecule has 192 valence electrons. The molecule has 1 amide bonds. The molecule has 0 spiro atoms. The Hall–Kier alpha value is -4.40. The molecule has 3 aromatic rings. The Morgan fingerprint density at radius 1 is 1.00 bits per heavy atom. The van der Waals surface area contributed by atoms with Crippen molar-refractivity contribution >= 4 is 18.0 Å². The first-order valence-corrected chi connectivity index (χ1v) is 11.9. The van der Waals surface area contributed by atoms with Crippen molar-refractivity contribution in [3.63, 3.8) is 0 Å². The van der Waals surface area contributed by atoms with Crippen LogP contribution in [0.25, 0.3) is 0 Å². The summed E-state index contributed by atoms with van der Waals surface area (Å²) < 4.78 is 15.8. The summed E-state index contributed by atoms with van der Waals surface area (Å²) in [6, 6.07) is 18.9. The van der Waals surface area contributed by atoms with E-state index < -0.39 is 35.2 Å². The van der Waals surface area contributed by atoms with Gasteiger partial charge in [-0.3, -0.25) is 4.90 Å². The van der Waals surface area contributed by atoms with Gasteiger partial charge in [-0.05, 0) is 49.9 Å². The Morgan fingerprint density at radius 2 is 1.68 bits per heavy atom. The molecule has 1 aliphatic rings. The van der Waals surface area contributed by atoms with Crippen LogP contribution in [0, 0.1) is 0 Å². The quantitative estimate of drug-likeness (QED) is 0.475. The monoisotopic (exact) mass is 504 g/mol. The summed E-state index contributed by atoms with van der Waals surface area (Å²) >= 11 is 0. The van der Waals surface area contributed by atoms with Gasteiger partial charge in [-0.2, -0.15) is 0 Å². The third-order valence-electron chi connectivity index (χ3n) is 6.43. The van der Waals surface area contributed by atoms with Crippen LogP contribution in [0.15, 0.2) is 66.7 Å². The minimum absolute atomic E-state index is 0.104. The number of nitrogens with zero attached hydrogens (tertiary/aromatic N) is 2. The molecule has 37 heavy (non-hydrogen) atoms. The van der Waals surface area contributed by atoms with Gasteiger partial charge in [-0.25, -0.2) is 19.4 Å². The number of ether oxygens (including phenoxy) is 3. The third-order valence-corrected chi connectivity index (χ3v) is 6.43. The number of hydrogen-bond donors (Lipinski definition) is 1. The Balaban J connectivity index is 1.66. The zero-order valence-corrected chi connectivity index (χ0v) is 20.7. The second kappa shape index (κ2) is 11.1. The molecule has 9 heteroatoms. The van der Waals surface area contributed by atoms with E-state index in [1.165, 1.54) is 13.2 Å². The molecule has 4 rings (SSSR count). The van der Waals surface area contributed by atoms with Crippen molar-refractivity contribution in [1.82, 2.24) is 9.88 Å². The van der Waals surface area contributed by atoms with Gasteiger partial charge >= 0.3 is 18.0 Å². The fourth-order valence-electron chi connectivity index (χ4n) is 4.36. The van der Waals surface area contributed by atoms with Crippen molar-refractivity contribution in [1.29, 1.82) is 0 Å². The first kappa shape index (κ1) is 25.7. The van der Waals surface area contributed by atoms with Crippen LogP contribution in [0.3, 0.4) is 0 Å². The number of carbonyl (C=O) groups is 3. The Labute approximate surface area is 214 Å². The van der Waals surface area contributed by atoms with E-state index in [1.807, 2.05) is 30.3 Å². The van der Waals surface area contributed by atoms with Crippen LogP contribution >= 0.6 is 0 Å². The van der Waals surface area contributed by atoms with Gasteiger partial charge in [-0.1, -0.05) is 48.5 Å². The summed E-state index contributed by atoms with van der Waals surface area (Å²) in [5.41, 5.74) is 0.157. The molecule has 0 radical (unpaired) electrons. The number of rotatable bonds is 6. The van der Waals surface area contributed by atoms with Crippen molar-refractivity contribution in [2.45, 2.75) is 38.3 Å². The highest BCUT2D eigenvalue weighted by atomic mass is 16.6. The zero-order chi connectivity index (χ0) is 26.4. The highest BCUT2D eigenvalue weighted by Gasteiger charge is 2.42. The van der Waals surface area contributed by atoms with E-state index in [2.05, 4.69) is 4.98 Å². The average molecular weight is 505 g/mol. The molecule has 1 N–H and O–H groups in total. The predicted molar refractivity (Wildman–Crippen MR) is 133 cm³/mol. The maximum Gasteiger partial charge on any atom is 0.410 e. The normalized spacial score (nSPS) is 17.1. The van der Waals surface area contributed by atoms with Gasteiger partial charge < -0.3 is 19.3 Å². The fourth-order valence-corrected chi connectivity index (χ4v) is 4.36. The molecule has 0 saturated carbocycles. The number of carbonyl (C=O) groups excluding carboxylic acids is 3. The lowest BCUT2D eigenvalue weighted by molar-refractivity contribution is 0.0274. The SMILES string of the molecule is COC(=O)c1cc(C2(C)CCCCN2C(=O)OCc2ccccc2)nc(O)c1OC(=O)c1ccccc1. The standard InChI is InChI=1S/C28H28N2O7/c1-28(15-9-10-16-30(28)27(34)36-18-19-11-5-3-6-12-19)22-17-21(26(33)35-2)23(24(31)29-22)37-25(32)20-13-7-4-8-14-20/h3-8,11-14,17H,9-10,15-16,18H2,1-2H3,(H,29,31). The van der Waals surface area contributed by atoms with E-state index in [4.69, 9.17) is 14.2 Å². The summed E-state index contributed by atoms with van der Waals surface area (Å²) in [6.07, 6.45) is 1.54. The van der Waals surface area contributed by atoms with Crippen molar-refractivity contribution < 1.29 is 33.7 Å². The molecule has 1 unspecified atom stereocenters. The number of esters is 2. The molecule has 0 aliphatic carbocycles. The molecular weight excluding hydrogens is 476 g/mol. The molecule has 1 saturated heterocycles. The molecular formula is C28H28N2O7. The number of methoxy groups -OCH3 is 1. The Morgan fingerprint density at radius 3 is 2.35 bits per heavy atom. The summed E-state index contributed by atoms with van der Waals surface area (Å²) in [5, 5.41) is 10.8. The van der Waals surface area contributed by atoms with Crippen molar-refractivity contribution in [3.05, 3.63) is 89.1 Å². The second-order valence-electron chi connectivity index (χ2n) is 8.88. The average Bonchev–Trinajstić information content (AvgIpc) is 2.93. The van der Waals surface area contributed by atoms with Gasteiger partial charge in [0.15, 0.2) is 0 Å². The van der Waals surface area contributed by atoms with E-state index in [1.54, 1.807) is 42.2 Å². The summed E-state index contributed by atoms with van der Waals surface area (Å²) in [4.78, 5) is 44.2. The molecule has 1 aliphatic heterocycles.